The van der Waals surface area contributed by atoms with E-state index in [0.29, 0.717) is 11.3 Å². The van der Waals surface area contributed by atoms with Gasteiger partial charge < -0.3 is 9.52 Å². The fourth-order valence-corrected chi connectivity index (χ4v) is 6.52. The van der Waals surface area contributed by atoms with Gasteiger partial charge in [0.1, 0.15) is 22.6 Å². The molecule has 5 aromatic carbocycles. The molecule has 4 heterocycles. The van der Waals surface area contributed by atoms with Crippen molar-refractivity contribution in [1.82, 2.24) is 14.4 Å². The van der Waals surface area contributed by atoms with Crippen LogP contribution in [0.1, 0.15) is 0 Å². The highest BCUT2D eigenvalue weighted by molar-refractivity contribution is 6.11. The van der Waals surface area contributed by atoms with Crippen molar-refractivity contribution in [3.05, 3.63) is 158 Å². The standard InChI is InChI=1S/C42H27N3O2/c46-37-19-9-7-18-32(37)35-25-29(27-13-3-1-4-14-27)26-36(43-35)34-24-30(23-33-31-17-8-10-20-38(31)47-42(33)34)40-41(28-15-5-2-6-16-28)45-22-12-11-21-39(45)44-40/h1-26,46H. The first-order valence-corrected chi connectivity index (χ1v) is 15.6. The summed E-state index contributed by atoms with van der Waals surface area (Å²) in [7, 11) is 0. The first-order chi connectivity index (χ1) is 23.2. The highest BCUT2D eigenvalue weighted by Gasteiger charge is 2.22. The van der Waals surface area contributed by atoms with Crippen LogP contribution in [0.15, 0.2) is 162 Å². The molecule has 0 fully saturated rings. The summed E-state index contributed by atoms with van der Waals surface area (Å²) in [6.45, 7) is 0. The van der Waals surface area contributed by atoms with Crippen LogP contribution in [0, 0.1) is 0 Å². The minimum absolute atomic E-state index is 0.177. The maximum atomic E-state index is 10.9. The van der Waals surface area contributed by atoms with Gasteiger partial charge in [0.15, 0.2) is 0 Å². The molecule has 9 rings (SSSR count). The molecule has 0 aliphatic carbocycles. The molecule has 5 heteroatoms. The van der Waals surface area contributed by atoms with Gasteiger partial charge in [-0.3, -0.25) is 4.40 Å². The molecule has 4 aromatic heterocycles. The number of rotatable bonds is 5. The van der Waals surface area contributed by atoms with Crippen LogP contribution in [-0.4, -0.2) is 19.5 Å². The molecule has 0 unspecified atom stereocenters. The van der Waals surface area contributed by atoms with Crippen LogP contribution in [-0.2, 0) is 0 Å². The lowest BCUT2D eigenvalue weighted by atomic mass is 9.96. The van der Waals surface area contributed by atoms with Crippen molar-refractivity contribution in [3.8, 4) is 61.9 Å². The lowest BCUT2D eigenvalue weighted by Gasteiger charge is -2.13. The summed E-state index contributed by atoms with van der Waals surface area (Å²) in [5.74, 6) is 0.177. The molecular weight excluding hydrogens is 578 g/mol. The molecule has 0 saturated carbocycles. The van der Waals surface area contributed by atoms with Gasteiger partial charge in [0.2, 0.25) is 0 Å². The smallest absolute Gasteiger partial charge is 0.144 e. The average molecular weight is 606 g/mol. The number of hydrogen-bond acceptors (Lipinski definition) is 4. The van der Waals surface area contributed by atoms with Gasteiger partial charge in [0.05, 0.1) is 22.8 Å². The quantitative estimate of drug-likeness (QED) is 0.212. The van der Waals surface area contributed by atoms with Crippen LogP contribution in [0.3, 0.4) is 0 Å². The van der Waals surface area contributed by atoms with E-state index < -0.39 is 0 Å². The first kappa shape index (κ1) is 26.9. The molecule has 0 aliphatic heterocycles. The third-order valence-corrected chi connectivity index (χ3v) is 8.72. The van der Waals surface area contributed by atoms with Gasteiger partial charge in [-0.1, -0.05) is 97.1 Å². The molecule has 0 amide bonds. The summed E-state index contributed by atoms with van der Waals surface area (Å²) < 4.78 is 8.75. The number of furan rings is 1. The Labute approximate surface area is 270 Å². The van der Waals surface area contributed by atoms with E-state index in [-0.39, 0.29) is 5.75 Å². The largest absolute Gasteiger partial charge is 0.507 e. The van der Waals surface area contributed by atoms with Gasteiger partial charge in [-0.15, -0.1) is 0 Å². The van der Waals surface area contributed by atoms with E-state index in [1.54, 1.807) is 6.07 Å². The molecule has 9 aromatic rings. The van der Waals surface area contributed by atoms with Gasteiger partial charge in [-0.05, 0) is 65.7 Å². The van der Waals surface area contributed by atoms with E-state index in [1.165, 1.54) is 0 Å². The fourth-order valence-electron chi connectivity index (χ4n) is 6.52. The first-order valence-electron chi connectivity index (χ1n) is 15.6. The summed E-state index contributed by atoms with van der Waals surface area (Å²) in [4.78, 5) is 10.4. The Hall–Kier alpha value is -6.46. The number of imidazole rings is 1. The zero-order valence-electron chi connectivity index (χ0n) is 25.2. The van der Waals surface area contributed by atoms with E-state index in [1.807, 2.05) is 84.9 Å². The molecule has 0 atom stereocenters. The van der Waals surface area contributed by atoms with Gasteiger partial charge in [-0.25, -0.2) is 9.97 Å². The maximum Gasteiger partial charge on any atom is 0.144 e. The van der Waals surface area contributed by atoms with Crippen molar-refractivity contribution in [2.24, 2.45) is 0 Å². The second kappa shape index (κ2) is 10.9. The van der Waals surface area contributed by atoms with Crippen molar-refractivity contribution in [3.63, 3.8) is 0 Å². The molecule has 0 aliphatic rings. The van der Waals surface area contributed by atoms with Crippen molar-refractivity contribution in [2.75, 3.05) is 0 Å². The summed E-state index contributed by atoms with van der Waals surface area (Å²) in [6.07, 6.45) is 2.06. The highest BCUT2D eigenvalue weighted by Crippen LogP contribution is 2.43. The number of phenols is 1. The van der Waals surface area contributed by atoms with E-state index in [9.17, 15) is 5.11 Å². The topological polar surface area (TPSA) is 63.6 Å². The Morgan fingerprint density at radius 2 is 1.19 bits per heavy atom. The van der Waals surface area contributed by atoms with E-state index >= 15 is 0 Å². The van der Waals surface area contributed by atoms with Crippen molar-refractivity contribution in [2.45, 2.75) is 0 Å². The zero-order chi connectivity index (χ0) is 31.3. The number of para-hydroxylation sites is 2. The zero-order valence-corrected chi connectivity index (χ0v) is 25.2. The number of hydrogen-bond donors (Lipinski definition) is 1. The number of benzene rings is 5. The van der Waals surface area contributed by atoms with Crippen LogP contribution in [0.2, 0.25) is 0 Å². The molecule has 0 spiro atoms. The number of fused-ring (bicyclic) bond motifs is 4. The Morgan fingerprint density at radius 3 is 2.00 bits per heavy atom. The van der Waals surface area contributed by atoms with Crippen LogP contribution >= 0.6 is 0 Å². The Morgan fingerprint density at radius 1 is 0.511 bits per heavy atom. The van der Waals surface area contributed by atoms with E-state index in [0.717, 1.165) is 72.5 Å². The third-order valence-electron chi connectivity index (χ3n) is 8.72. The molecule has 1 N–H and O–H groups in total. The second-order valence-electron chi connectivity index (χ2n) is 11.6. The van der Waals surface area contributed by atoms with Crippen LogP contribution in [0.25, 0.3) is 83.7 Å². The van der Waals surface area contributed by atoms with Crippen molar-refractivity contribution in [1.29, 1.82) is 0 Å². The number of pyridine rings is 2. The molecule has 0 radical (unpaired) electrons. The summed E-state index contributed by atoms with van der Waals surface area (Å²) in [6, 6.07) is 50.6. The average Bonchev–Trinajstić information content (AvgIpc) is 3.71. The number of phenolic OH excluding ortho intramolecular Hbond substituents is 1. The minimum atomic E-state index is 0.177. The predicted octanol–water partition coefficient (Wildman–Crippen LogP) is 10.7. The molecule has 47 heavy (non-hydrogen) atoms. The van der Waals surface area contributed by atoms with Crippen molar-refractivity contribution < 1.29 is 9.52 Å². The monoisotopic (exact) mass is 605 g/mol. The summed E-state index contributed by atoms with van der Waals surface area (Å²) in [5.41, 5.74) is 11.3. The van der Waals surface area contributed by atoms with Crippen LogP contribution in [0.4, 0.5) is 0 Å². The van der Waals surface area contributed by atoms with Crippen LogP contribution < -0.4 is 0 Å². The SMILES string of the molecule is Oc1ccccc1-c1cc(-c2ccccc2)cc(-c2cc(-c3nc4ccccn4c3-c3ccccc3)cc3c2oc2ccccc23)n1. The predicted molar refractivity (Wildman–Crippen MR) is 189 cm³/mol. The molecule has 0 bridgehead atoms. The van der Waals surface area contributed by atoms with Crippen molar-refractivity contribution >= 4 is 27.6 Å². The minimum Gasteiger partial charge on any atom is -0.507 e. The number of aromatic hydroxyl groups is 1. The van der Waals surface area contributed by atoms with E-state index in [4.69, 9.17) is 14.4 Å². The summed E-state index contributed by atoms with van der Waals surface area (Å²) >= 11 is 0. The Balaban J connectivity index is 1.37. The normalized spacial score (nSPS) is 11.5. The molecular formula is C42H27N3O2. The third kappa shape index (κ3) is 4.56. The fraction of sp³-hybridized carbons (Fsp3) is 0. The second-order valence-corrected chi connectivity index (χ2v) is 11.6. The van der Waals surface area contributed by atoms with Gasteiger partial charge in [0, 0.05) is 39.2 Å². The van der Waals surface area contributed by atoms with Gasteiger partial charge in [-0.2, -0.15) is 0 Å². The Kier molecular flexibility index (Phi) is 6.22. The molecule has 5 nitrogen and oxygen atoms in total. The van der Waals surface area contributed by atoms with Gasteiger partial charge >= 0.3 is 0 Å². The highest BCUT2D eigenvalue weighted by atomic mass is 16.3. The van der Waals surface area contributed by atoms with E-state index in [2.05, 4.69) is 71.3 Å². The molecule has 0 saturated heterocycles. The van der Waals surface area contributed by atoms with Gasteiger partial charge in [0.25, 0.3) is 0 Å². The lowest BCUT2D eigenvalue weighted by molar-refractivity contribution is 0.477. The maximum absolute atomic E-state index is 10.9. The lowest BCUT2D eigenvalue weighted by Crippen LogP contribution is -1.93. The number of aromatic nitrogens is 3. The summed E-state index contributed by atoms with van der Waals surface area (Å²) in [5, 5.41) is 12.9. The van der Waals surface area contributed by atoms with Crippen LogP contribution in [0.5, 0.6) is 5.75 Å². The molecule has 222 valence electrons. The number of nitrogens with zero attached hydrogens (tertiary/aromatic N) is 3. The Bertz CT molecular complexity index is 2580.